The number of rotatable bonds is 0. The zero-order valence-corrected chi connectivity index (χ0v) is 15.3. The maximum absolute atomic E-state index is 13.3. The number of aliphatic hydroxyl groups is 4. The molecule has 4 saturated carbocycles. The lowest BCUT2D eigenvalue weighted by Crippen LogP contribution is -2.85. The molecule has 2 heterocycles. The molecule has 4 bridgehead atoms. The Labute approximate surface area is 152 Å². The molecule has 4 N–H and O–H groups in total. The van der Waals surface area contributed by atoms with E-state index in [1.807, 2.05) is 13.8 Å². The molecule has 2 aliphatic heterocycles. The summed E-state index contributed by atoms with van der Waals surface area (Å²) in [5.74, 6) is -3.80. The number of carbonyl (C=O) groups is 1. The van der Waals surface area contributed by atoms with Gasteiger partial charge in [-0.15, -0.1) is 0 Å². The third kappa shape index (κ3) is 1.41. The van der Waals surface area contributed by atoms with Crippen LogP contribution in [0.25, 0.3) is 0 Å². The van der Waals surface area contributed by atoms with E-state index in [2.05, 4.69) is 6.58 Å². The van der Waals surface area contributed by atoms with Crippen molar-refractivity contribution in [1.82, 2.24) is 0 Å². The molecule has 0 radical (unpaired) electrons. The topological polar surface area (TPSA) is 107 Å². The highest BCUT2D eigenvalue weighted by molar-refractivity contribution is 6.05. The molecule has 6 nitrogen and oxygen atoms in total. The first-order chi connectivity index (χ1) is 12.1. The van der Waals surface area contributed by atoms with E-state index in [9.17, 15) is 25.2 Å². The standard InChI is InChI=1S/C20H28O6/c1-9-10-4-5-11-18-8-26-20(25,19(11,14(9)22)15(10)23)16(24)13(18)17(2,3)7-6-12(18)21/h10-13,15-16,21,23-25H,1,4-8H2,2-3H3/t10-,11+,12+,13-,15-,16+,18-,19-,20-/m1/s1. The normalized spacial score (nSPS) is 59.9. The van der Waals surface area contributed by atoms with Gasteiger partial charge < -0.3 is 25.2 Å². The van der Waals surface area contributed by atoms with E-state index >= 15 is 0 Å². The Bertz CT molecular complexity index is 717. The molecule has 6 heteroatoms. The zero-order chi connectivity index (χ0) is 18.9. The summed E-state index contributed by atoms with van der Waals surface area (Å²) in [5.41, 5.74) is -2.49. The van der Waals surface area contributed by atoms with Crippen LogP contribution in [0.4, 0.5) is 0 Å². The van der Waals surface area contributed by atoms with Crippen molar-refractivity contribution < 1.29 is 30.0 Å². The van der Waals surface area contributed by atoms with Crippen LogP contribution in [0.5, 0.6) is 0 Å². The Morgan fingerprint density at radius 1 is 1.12 bits per heavy atom. The van der Waals surface area contributed by atoms with Gasteiger partial charge in [0, 0.05) is 17.3 Å². The number of hydrogen-bond acceptors (Lipinski definition) is 6. The molecule has 0 amide bonds. The molecule has 0 unspecified atom stereocenters. The fourth-order valence-corrected chi connectivity index (χ4v) is 7.90. The molecule has 4 aliphatic carbocycles. The molecule has 9 atom stereocenters. The van der Waals surface area contributed by atoms with Crippen molar-refractivity contribution in [3.05, 3.63) is 12.2 Å². The minimum atomic E-state index is -2.15. The summed E-state index contributed by atoms with van der Waals surface area (Å²) in [7, 11) is 0. The van der Waals surface area contributed by atoms with Crippen LogP contribution in [0.2, 0.25) is 0 Å². The van der Waals surface area contributed by atoms with Gasteiger partial charge in [0.15, 0.2) is 5.78 Å². The fraction of sp³-hybridized carbons (Fsp3) is 0.850. The van der Waals surface area contributed by atoms with Crippen molar-refractivity contribution in [2.24, 2.45) is 34.0 Å². The second kappa shape index (κ2) is 4.61. The fourth-order valence-electron chi connectivity index (χ4n) is 7.90. The van der Waals surface area contributed by atoms with Gasteiger partial charge in [-0.3, -0.25) is 4.79 Å². The number of fused-ring (bicyclic) bond motifs is 2. The highest BCUT2D eigenvalue weighted by Crippen LogP contribution is 2.76. The molecule has 2 spiro atoms. The minimum absolute atomic E-state index is 0.0966. The lowest BCUT2D eigenvalue weighted by Gasteiger charge is -2.74. The first-order valence-electron chi connectivity index (χ1n) is 9.71. The molecule has 0 aromatic rings. The SMILES string of the molecule is C=C1C(=O)[C@@]23[C@H](O)[C@@H]1CC[C@H]2[C@@]12CO[C@]3(O)[C@@H](O)[C@@H]1C(C)(C)CC[C@@H]2O. The maximum Gasteiger partial charge on any atom is 0.208 e. The summed E-state index contributed by atoms with van der Waals surface area (Å²) in [4.78, 5) is 13.3. The van der Waals surface area contributed by atoms with Crippen LogP contribution >= 0.6 is 0 Å². The van der Waals surface area contributed by atoms with E-state index in [0.717, 1.165) is 6.42 Å². The molecular formula is C20H28O6. The van der Waals surface area contributed by atoms with E-state index in [-0.39, 0.29) is 12.0 Å². The van der Waals surface area contributed by atoms with Gasteiger partial charge in [-0.1, -0.05) is 20.4 Å². The largest absolute Gasteiger partial charge is 0.392 e. The van der Waals surface area contributed by atoms with Crippen molar-refractivity contribution in [2.45, 2.75) is 63.6 Å². The molecule has 0 aromatic carbocycles. The molecule has 144 valence electrons. The molecule has 6 fully saturated rings. The monoisotopic (exact) mass is 364 g/mol. The van der Waals surface area contributed by atoms with Crippen LogP contribution in [0.1, 0.15) is 39.5 Å². The predicted octanol–water partition coefficient (Wildman–Crippen LogP) is 0.376. The summed E-state index contributed by atoms with van der Waals surface area (Å²) in [6, 6.07) is 0. The van der Waals surface area contributed by atoms with Crippen molar-refractivity contribution >= 4 is 5.78 Å². The van der Waals surface area contributed by atoms with Crippen LogP contribution < -0.4 is 0 Å². The molecule has 2 saturated heterocycles. The molecule has 0 aromatic heterocycles. The Hall–Kier alpha value is -0.790. The average Bonchev–Trinajstić information content (AvgIpc) is 2.69. The second-order valence-corrected chi connectivity index (χ2v) is 9.97. The lowest BCUT2D eigenvalue weighted by molar-refractivity contribution is -0.458. The first kappa shape index (κ1) is 17.3. The quantitative estimate of drug-likeness (QED) is 0.463. The summed E-state index contributed by atoms with van der Waals surface area (Å²) < 4.78 is 5.80. The molecule has 6 aliphatic rings. The summed E-state index contributed by atoms with van der Waals surface area (Å²) in [6.45, 7) is 8.07. The number of aliphatic hydroxyl groups excluding tert-OH is 3. The van der Waals surface area contributed by atoms with Gasteiger partial charge >= 0.3 is 0 Å². The Balaban J connectivity index is 1.81. The lowest BCUT2D eigenvalue weighted by atomic mass is 9.35. The Morgan fingerprint density at radius 2 is 1.81 bits per heavy atom. The van der Waals surface area contributed by atoms with Gasteiger partial charge in [-0.2, -0.15) is 0 Å². The number of ether oxygens (including phenoxy) is 1. The Morgan fingerprint density at radius 3 is 2.50 bits per heavy atom. The van der Waals surface area contributed by atoms with Gasteiger partial charge in [0.1, 0.15) is 11.5 Å². The zero-order valence-electron chi connectivity index (χ0n) is 15.3. The highest BCUT2D eigenvalue weighted by atomic mass is 16.6. The smallest absolute Gasteiger partial charge is 0.208 e. The number of carbonyl (C=O) groups excluding carboxylic acids is 1. The van der Waals surface area contributed by atoms with Crippen LogP contribution in [0.3, 0.4) is 0 Å². The van der Waals surface area contributed by atoms with E-state index in [1.165, 1.54) is 0 Å². The molecule has 26 heavy (non-hydrogen) atoms. The minimum Gasteiger partial charge on any atom is -0.392 e. The van der Waals surface area contributed by atoms with Crippen molar-refractivity contribution in [2.75, 3.05) is 6.61 Å². The van der Waals surface area contributed by atoms with Gasteiger partial charge in [-0.05, 0) is 42.6 Å². The number of hydrogen-bond donors (Lipinski definition) is 4. The molecule has 6 rings (SSSR count). The average molecular weight is 364 g/mol. The maximum atomic E-state index is 13.3. The third-order valence-corrected chi connectivity index (χ3v) is 8.88. The number of Topliss-reactive ketones (excluding diaryl/α,β-unsaturated/α-hetero) is 1. The second-order valence-electron chi connectivity index (χ2n) is 9.97. The summed E-state index contributed by atoms with van der Waals surface area (Å²) >= 11 is 0. The van der Waals surface area contributed by atoms with E-state index in [4.69, 9.17) is 4.74 Å². The van der Waals surface area contributed by atoms with Crippen LogP contribution in [-0.2, 0) is 9.53 Å². The summed E-state index contributed by atoms with van der Waals surface area (Å²) in [6.07, 6.45) is -0.747. The Kier molecular flexibility index (Phi) is 3.07. The van der Waals surface area contributed by atoms with E-state index in [0.29, 0.717) is 24.8 Å². The van der Waals surface area contributed by atoms with Gasteiger partial charge in [0.25, 0.3) is 0 Å². The van der Waals surface area contributed by atoms with E-state index in [1.54, 1.807) is 0 Å². The van der Waals surface area contributed by atoms with Crippen LogP contribution in [0.15, 0.2) is 12.2 Å². The van der Waals surface area contributed by atoms with Crippen molar-refractivity contribution in [3.63, 3.8) is 0 Å². The third-order valence-electron chi connectivity index (χ3n) is 8.88. The highest BCUT2D eigenvalue weighted by Gasteiger charge is 2.86. The van der Waals surface area contributed by atoms with Crippen LogP contribution in [-0.4, -0.2) is 56.9 Å². The number of ketones is 1. The van der Waals surface area contributed by atoms with Gasteiger partial charge in [0.05, 0.1) is 18.8 Å². The van der Waals surface area contributed by atoms with Gasteiger partial charge in [0.2, 0.25) is 5.79 Å². The van der Waals surface area contributed by atoms with Gasteiger partial charge in [-0.25, -0.2) is 0 Å². The molecular weight excluding hydrogens is 336 g/mol. The first-order valence-corrected chi connectivity index (χ1v) is 9.71. The summed E-state index contributed by atoms with van der Waals surface area (Å²) in [5, 5.41) is 45.1. The van der Waals surface area contributed by atoms with E-state index < -0.39 is 58.5 Å². The van der Waals surface area contributed by atoms with Crippen LogP contribution in [0, 0.1) is 34.0 Å². The van der Waals surface area contributed by atoms with Crippen molar-refractivity contribution in [1.29, 1.82) is 0 Å². The predicted molar refractivity (Wildman–Crippen MR) is 90.7 cm³/mol. The van der Waals surface area contributed by atoms with Crippen molar-refractivity contribution in [3.8, 4) is 0 Å².